The van der Waals surface area contributed by atoms with Crippen molar-refractivity contribution < 1.29 is 41.8 Å². The number of hydrogen-bond acceptors (Lipinski definition) is 8. The zero-order valence-electron chi connectivity index (χ0n) is 25.2. The number of carbonyl (C=O) groups is 1. The normalized spacial score (nSPS) is 11.2. The quantitative estimate of drug-likeness (QED) is 0.0763. The molecule has 242 valence electrons. The summed E-state index contributed by atoms with van der Waals surface area (Å²) in [4.78, 5) is 28.7. The van der Waals surface area contributed by atoms with Gasteiger partial charge in [0.1, 0.15) is 13.2 Å². The molecule has 10 nitrogen and oxygen atoms in total. The van der Waals surface area contributed by atoms with Gasteiger partial charge in [0.2, 0.25) is 11.6 Å². The van der Waals surface area contributed by atoms with E-state index in [0.29, 0.717) is 0 Å². The number of nitro benzene ring substituents is 1. The van der Waals surface area contributed by atoms with Crippen LogP contribution >= 0.6 is 0 Å². The van der Waals surface area contributed by atoms with E-state index in [1.807, 2.05) is 60.7 Å². The van der Waals surface area contributed by atoms with Crippen molar-refractivity contribution in [2.24, 2.45) is 7.05 Å². The summed E-state index contributed by atoms with van der Waals surface area (Å²) >= 11 is 0. The second-order valence-electron chi connectivity index (χ2n) is 10.1. The third-order valence-electron chi connectivity index (χ3n) is 6.96. The van der Waals surface area contributed by atoms with Gasteiger partial charge in [-0.1, -0.05) is 60.7 Å². The summed E-state index contributed by atoms with van der Waals surface area (Å²) in [5.74, 6) is -1.70. The SMILES string of the molecule is CCOC(=O)c1cc(-c2cc(OCc3ccccc3)c(OCc3ccccc3)c([N+](=O)[O-])c2)n(C)c1-c1cccnc1OC(F)(F)F. The predicted octanol–water partition coefficient (Wildman–Crippen LogP) is 7.90. The van der Waals surface area contributed by atoms with Crippen LogP contribution < -0.4 is 14.2 Å². The van der Waals surface area contributed by atoms with E-state index < -0.39 is 28.8 Å². The first-order valence-electron chi connectivity index (χ1n) is 14.3. The maximum absolute atomic E-state index is 13.3. The molecule has 0 N–H and O–H groups in total. The number of esters is 1. The van der Waals surface area contributed by atoms with Crippen molar-refractivity contribution in [3.63, 3.8) is 0 Å². The number of carbonyl (C=O) groups excluding carboxylic acids is 1. The monoisotopic (exact) mass is 647 g/mol. The van der Waals surface area contributed by atoms with Gasteiger partial charge in [0.05, 0.1) is 28.4 Å². The minimum Gasteiger partial charge on any atom is -0.485 e. The molecular weight excluding hydrogens is 619 g/mol. The fraction of sp³-hybridized carbons (Fsp3) is 0.176. The van der Waals surface area contributed by atoms with Crippen molar-refractivity contribution in [1.29, 1.82) is 0 Å². The van der Waals surface area contributed by atoms with Gasteiger partial charge in [-0.2, -0.15) is 0 Å². The molecule has 47 heavy (non-hydrogen) atoms. The molecule has 5 aromatic rings. The smallest absolute Gasteiger partial charge is 0.485 e. The number of nitro groups is 1. The van der Waals surface area contributed by atoms with E-state index in [1.54, 1.807) is 6.92 Å². The molecule has 0 fully saturated rings. The summed E-state index contributed by atoms with van der Waals surface area (Å²) in [5, 5.41) is 12.5. The lowest BCUT2D eigenvalue weighted by Gasteiger charge is -2.16. The summed E-state index contributed by atoms with van der Waals surface area (Å²) in [5.41, 5.74) is 1.30. The molecule has 13 heteroatoms. The van der Waals surface area contributed by atoms with E-state index in [-0.39, 0.29) is 59.4 Å². The van der Waals surface area contributed by atoms with Gasteiger partial charge in [-0.05, 0) is 42.3 Å². The number of benzene rings is 3. The zero-order chi connectivity index (χ0) is 33.6. The lowest BCUT2D eigenvalue weighted by atomic mass is 10.1. The number of pyridine rings is 1. The Morgan fingerprint density at radius 1 is 0.915 bits per heavy atom. The molecule has 0 saturated carbocycles. The van der Waals surface area contributed by atoms with Crippen LogP contribution in [0, 0.1) is 10.1 Å². The molecule has 0 aliphatic carbocycles. The third-order valence-corrected chi connectivity index (χ3v) is 6.96. The highest BCUT2D eigenvalue weighted by atomic mass is 19.4. The van der Waals surface area contributed by atoms with Crippen molar-refractivity contribution in [3.8, 4) is 39.9 Å². The number of halogens is 3. The van der Waals surface area contributed by atoms with Crippen LogP contribution in [-0.2, 0) is 25.0 Å². The van der Waals surface area contributed by atoms with Crippen LogP contribution in [-0.4, -0.2) is 33.4 Å². The van der Waals surface area contributed by atoms with E-state index in [1.165, 1.54) is 41.9 Å². The number of alkyl halides is 3. The number of rotatable bonds is 12. The van der Waals surface area contributed by atoms with Gasteiger partial charge < -0.3 is 23.5 Å². The molecule has 3 aromatic carbocycles. The van der Waals surface area contributed by atoms with Crippen molar-refractivity contribution in [1.82, 2.24) is 9.55 Å². The van der Waals surface area contributed by atoms with Gasteiger partial charge in [-0.3, -0.25) is 10.1 Å². The van der Waals surface area contributed by atoms with Crippen LogP contribution in [0.2, 0.25) is 0 Å². The van der Waals surface area contributed by atoms with Crippen LogP contribution in [0.1, 0.15) is 28.4 Å². The second-order valence-corrected chi connectivity index (χ2v) is 10.1. The fourth-order valence-corrected chi connectivity index (χ4v) is 4.92. The number of hydrogen-bond donors (Lipinski definition) is 0. The lowest BCUT2D eigenvalue weighted by molar-refractivity contribution is -0.386. The highest BCUT2D eigenvalue weighted by Crippen LogP contribution is 2.44. The summed E-state index contributed by atoms with van der Waals surface area (Å²) < 4.78 is 62.8. The molecule has 0 radical (unpaired) electrons. The standard InChI is InChI=1S/C34H28F3N3O7/c1-3-44-33(41)26-19-27(39(2)30(26)25-15-10-16-38-32(25)47-34(35,36)37)24-17-28(40(42)43)31(46-21-23-13-8-5-9-14-23)29(18-24)45-20-22-11-6-4-7-12-22/h4-19H,3,20-21H2,1-2H3. The Morgan fingerprint density at radius 3 is 2.15 bits per heavy atom. The first-order chi connectivity index (χ1) is 22.6. The maximum Gasteiger partial charge on any atom is 0.574 e. The Kier molecular flexibility index (Phi) is 9.74. The van der Waals surface area contributed by atoms with Crippen molar-refractivity contribution >= 4 is 11.7 Å². The van der Waals surface area contributed by atoms with Crippen molar-refractivity contribution in [2.75, 3.05) is 6.61 Å². The minimum atomic E-state index is -5.07. The van der Waals surface area contributed by atoms with Gasteiger partial charge >= 0.3 is 18.0 Å². The summed E-state index contributed by atoms with van der Waals surface area (Å²) in [7, 11) is 1.49. The molecule has 0 unspecified atom stereocenters. The number of aromatic nitrogens is 2. The zero-order valence-corrected chi connectivity index (χ0v) is 25.2. The Balaban J connectivity index is 1.68. The van der Waals surface area contributed by atoms with Crippen molar-refractivity contribution in [3.05, 3.63) is 124 Å². The van der Waals surface area contributed by atoms with Gasteiger partial charge in [0.25, 0.3) is 0 Å². The van der Waals surface area contributed by atoms with E-state index in [0.717, 1.165) is 17.3 Å². The van der Waals surface area contributed by atoms with Gasteiger partial charge in [0.15, 0.2) is 5.75 Å². The first-order valence-corrected chi connectivity index (χ1v) is 14.3. The molecule has 0 amide bonds. The number of ether oxygens (including phenoxy) is 4. The highest BCUT2D eigenvalue weighted by molar-refractivity contribution is 5.99. The maximum atomic E-state index is 13.3. The first kappa shape index (κ1) is 32.5. The largest absolute Gasteiger partial charge is 0.574 e. The highest BCUT2D eigenvalue weighted by Gasteiger charge is 2.35. The summed E-state index contributed by atoms with van der Waals surface area (Å²) in [6.45, 7) is 1.62. The molecule has 2 aromatic heterocycles. The van der Waals surface area contributed by atoms with E-state index in [2.05, 4.69) is 9.72 Å². The molecule has 0 bridgehead atoms. The molecule has 0 saturated heterocycles. The number of nitrogens with zero attached hydrogens (tertiary/aromatic N) is 3. The van der Waals surface area contributed by atoms with E-state index in [4.69, 9.17) is 14.2 Å². The second kappa shape index (κ2) is 14.1. The molecule has 0 aliphatic rings. The Morgan fingerprint density at radius 2 is 1.55 bits per heavy atom. The van der Waals surface area contributed by atoms with Gasteiger partial charge in [-0.25, -0.2) is 9.78 Å². The molecule has 5 rings (SSSR count). The minimum absolute atomic E-state index is 0.00697. The Labute approximate surface area is 267 Å². The van der Waals surface area contributed by atoms with Crippen LogP contribution in [0.15, 0.2) is 97.2 Å². The van der Waals surface area contributed by atoms with E-state index >= 15 is 0 Å². The van der Waals surface area contributed by atoms with Crippen LogP contribution in [0.3, 0.4) is 0 Å². The van der Waals surface area contributed by atoms with E-state index in [9.17, 15) is 28.1 Å². The van der Waals surface area contributed by atoms with Gasteiger partial charge in [0, 0.05) is 30.6 Å². The molecule has 0 aliphatic heterocycles. The predicted molar refractivity (Wildman–Crippen MR) is 165 cm³/mol. The molecule has 2 heterocycles. The fourth-order valence-electron chi connectivity index (χ4n) is 4.92. The van der Waals surface area contributed by atoms with Gasteiger partial charge in [-0.15, -0.1) is 13.2 Å². The summed E-state index contributed by atoms with van der Waals surface area (Å²) in [6, 6.07) is 25.0. The van der Waals surface area contributed by atoms with Crippen LogP contribution in [0.4, 0.5) is 18.9 Å². The molecular formula is C34H28F3N3O7. The van der Waals surface area contributed by atoms with Crippen LogP contribution in [0.25, 0.3) is 22.5 Å². The average Bonchev–Trinajstić information content (AvgIpc) is 3.40. The Bertz CT molecular complexity index is 1880. The average molecular weight is 648 g/mol. The van der Waals surface area contributed by atoms with Crippen molar-refractivity contribution in [2.45, 2.75) is 26.5 Å². The van der Waals surface area contributed by atoms with Crippen LogP contribution in [0.5, 0.6) is 17.4 Å². The molecule has 0 spiro atoms. The summed E-state index contributed by atoms with van der Waals surface area (Å²) in [6.07, 6.45) is -3.95. The lowest BCUT2D eigenvalue weighted by Crippen LogP contribution is -2.19. The Hall–Kier alpha value is -5.85. The molecule has 0 atom stereocenters. The topological polar surface area (TPSA) is 115 Å². The third kappa shape index (κ3) is 7.69.